The van der Waals surface area contributed by atoms with Crippen LogP contribution in [0, 0.1) is 6.92 Å². The summed E-state index contributed by atoms with van der Waals surface area (Å²) < 4.78 is 60.2. The van der Waals surface area contributed by atoms with Gasteiger partial charge in [0.1, 0.15) is 5.76 Å². The predicted octanol–water partition coefficient (Wildman–Crippen LogP) is 7.17. The molecule has 1 aliphatic heterocycles. The second-order valence-electron chi connectivity index (χ2n) is 9.51. The number of ketones is 1. The van der Waals surface area contributed by atoms with Gasteiger partial charge < -0.3 is 18.4 Å². The van der Waals surface area contributed by atoms with E-state index in [1.54, 1.807) is 50.5 Å². The topological polar surface area (TPSA) is 152 Å². The lowest BCUT2D eigenvalue weighted by Crippen LogP contribution is -2.16. The summed E-state index contributed by atoms with van der Waals surface area (Å²) in [6, 6.07) is 10.5. The Hall–Kier alpha value is -2.95. The standard InChI is InChI=1S/C28H33N3O9P2/c1-4-35-42(34,36-5-2)40-28(41(33)37-15-6-16-38-41)25-17-21-7-8-22(18-24(21)30-25)26(32)10-9-23-19(3)39-27(31-23)20-11-13-29-14-12-20/h7-8,11-14,17-18,28,30H,4-6,9-10,15-16H2,1-3H3. The number of aryl methyl sites for hydroxylation is 2. The number of phosphoric acid groups is 1. The Labute approximate surface area is 243 Å². The van der Waals surface area contributed by atoms with Crippen LogP contribution in [0.2, 0.25) is 0 Å². The summed E-state index contributed by atoms with van der Waals surface area (Å²) in [5.74, 6) is -0.350. The molecule has 224 valence electrons. The summed E-state index contributed by atoms with van der Waals surface area (Å²) in [6.07, 6.45) is 4.52. The third-order valence-electron chi connectivity index (χ3n) is 6.56. The van der Waals surface area contributed by atoms with Gasteiger partial charge in [-0.05, 0) is 56.8 Å². The summed E-state index contributed by atoms with van der Waals surface area (Å²) in [5.41, 5.74) is 2.89. The van der Waals surface area contributed by atoms with E-state index in [2.05, 4.69) is 15.0 Å². The van der Waals surface area contributed by atoms with Crippen molar-refractivity contribution in [3.8, 4) is 11.5 Å². The van der Waals surface area contributed by atoms with Gasteiger partial charge in [-0.25, -0.2) is 9.55 Å². The second kappa shape index (κ2) is 13.1. The molecule has 1 unspecified atom stereocenters. The molecule has 5 rings (SSSR count). The van der Waals surface area contributed by atoms with Gasteiger partial charge in [-0.2, -0.15) is 0 Å². The summed E-state index contributed by atoms with van der Waals surface area (Å²) in [5, 5.41) is 0.718. The first-order valence-electron chi connectivity index (χ1n) is 13.7. The van der Waals surface area contributed by atoms with E-state index in [1.165, 1.54) is 0 Å². The van der Waals surface area contributed by atoms with E-state index < -0.39 is 21.3 Å². The number of hydrogen-bond acceptors (Lipinski definition) is 11. The number of oxazole rings is 1. The molecule has 0 radical (unpaired) electrons. The van der Waals surface area contributed by atoms with E-state index >= 15 is 0 Å². The largest absolute Gasteiger partial charge is 0.476 e. The van der Waals surface area contributed by atoms with E-state index in [9.17, 15) is 13.9 Å². The zero-order chi connectivity index (χ0) is 29.7. The highest BCUT2D eigenvalue weighted by Crippen LogP contribution is 2.68. The first-order chi connectivity index (χ1) is 20.2. The highest BCUT2D eigenvalue weighted by Gasteiger charge is 2.46. The normalized spacial score (nSPS) is 16.1. The zero-order valence-electron chi connectivity index (χ0n) is 23.6. The molecule has 1 aliphatic rings. The minimum Gasteiger partial charge on any atom is -0.441 e. The van der Waals surface area contributed by atoms with Crippen molar-refractivity contribution in [1.82, 2.24) is 15.0 Å². The number of hydrogen-bond donors (Lipinski definition) is 1. The number of carbonyl (C=O) groups excluding carboxylic acids is 1. The SMILES string of the molecule is CCOP(=O)(OCC)OC(c1cc2ccc(C(=O)CCc3nc(-c4ccncc4)oc3C)cc2[nH]1)P1(=O)OCCCO1. The van der Waals surface area contributed by atoms with Crippen molar-refractivity contribution in [2.75, 3.05) is 26.4 Å². The number of nitrogens with zero attached hydrogens (tertiary/aromatic N) is 2. The van der Waals surface area contributed by atoms with Crippen LogP contribution in [0.25, 0.3) is 22.4 Å². The van der Waals surface area contributed by atoms with E-state index in [4.69, 9.17) is 27.0 Å². The lowest BCUT2D eigenvalue weighted by Gasteiger charge is -2.30. The van der Waals surface area contributed by atoms with Crippen LogP contribution < -0.4 is 0 Å². The zero-order valence-corrected chi connectivity index (χ0v) is 25.4. The maximum atomic E-state index is 13.7. The average molecular weight is 618 g/mol. The number of H-pyrrole nitrogens is 1. The predicted molar refractivity (Wildman–Crippen MR) is 154 cm³/mol. The summed E-state index contributed by atoms with van der Waals surface area (Å²) in [6.45, 7) is 5.59. The van der Waals surface area contributed by atoms with Crippen LogP contribution in [0.4, 0.5) is 0 Å². The molecule has 0 bridgehead atoms. The van der Waals surface area contributed by atoms with Crippen LogP contribution in [-0.4, -0.2) is 47.2 Å². The molecule has 4 aromatic rings. The van der Waals surface area contributed by atoms with E-state index in [-0.39, 0.29) is 38.6 Å². The molecule has 0 amide bonds. The van der Waals surface area contributed by atoms with Gasteiger partial charge in [0, 0.05) is 41.9 Å². The van der Waals surface area contributed by atoms with Crippen LogP contribution in [0.5, 0.6) is 0 Å². The minimum absolute atomic E-state index is 0.0487. The Kier molecular flexibility index (Phi) is 9.54. The van der Waals surface area contributed by atoms with Gasteiger partial charge >= 0.3 is 15.4 Å². The van der Waals surface area contributed by atoms with Crippen molar-refractivity contribution >= 4 is 32.1 Å². The fourth-order valence-electron chi connectivity index (χ4n) is 4.55. The molecule has 1 N–H and O–H groups in total. The molecule has 1 fully saturated rings. The number of phosphoric ester groups is 1. The summed E-state index contributed by atoms with van der Waals surface area (Å²) >= 11 is 0. The lowest BCUT2D eigenvalue weighted by atomic mass is 10.0. The van der Waals surface area contributed by atoms with Crippen LogP contribution in [-0.2, 0) is 38.2 Å². The Morgan fingerprint density at radius 3 is 2.50 bits per heavy atom. The van der Waals surface area contributed by atoms with E-state index in [0.717, 1.165) is 10.9 Å². The van der Waals surface area contributed by atoms with Crippen molar-refractivity contribution < 1.29 is 41.0 Å². The molecule has 14 heteroatoms. The molecule has 1 atom stereocenters. The molecule has 0 aliphatic carbocycles. The number of aromatic amines is 1. The van der Waals surface area contributed by atoms with Crippen molar-refractivity contribution in [3.63, 3.8) is 0 Å². The maximum absolute atomic E-state index is 13.7. The highest BCUT2D eigenvalue weighted by molar-refractivity contribution is 7.55. The smallest absolute Gasteiger partial charge is 0.441 e. The molecule has 12 nitrogen and oxygen atoms in total. The first kappa shape index (κ1) is 30.5. The Morgan fingerprint density at radius 1 is 1.10 bits per heavy atom. The number of pyridine rings is 1. The van der Waals surface area contributed by atoms with Crippen molar-refractivity contribution in [2.24, 2.45) is 0 Å². The number of Topliss-reactive ketones (excluding diaryl/α,β-unsaturated/α-hetero) is 1. The molecular weight excluding hydrogens is 584 g/mol. The number of benzene rings is 1. The van der Waals surface area contributed by atoms with Gasteiger partial charge in [0.25, 0.3) is 0 Å². The number of aromatic nitrogens is 3. The van der Waals surface area contributed by atoms with Gasteiger partial charge in [0.2, 0.25) is 11.7 Å². The lowest BCUT2D eigenvalue weighted by molar-refractivity contribution is 0.0728. The van der Waals surface area contributed by atoms with E-state index in [1.807, 2.05) is 19.1 Å². The summed E-state index contributed by atoms with van der Waals surface area (Å²) in [7, 11) is -8.02. The maximum Gasteiger partial charge on any atom is 0.476 e. The van der Waals surface area contributed by atoms with Gasteiger partial charge in [-0.3, -0.25) is 27.9 Å². The summed E-state index contributed by atoms with van der Waals surface area (Å²) in [4.78, 5) is 24.9. The number of rotatable bonds is 13. The van der Waals surface area contributed by atoms with Crippen molar-refractivity contribution in [2.45, 2.75) is 45.9 Å². The van der Waals surface area contributed by atoms with E-state index in [0.29, 0.717) is 47.0 Å². The fraction of sp³-hybridized carbons (Fsp3) is 0.393. The Balaban J connectivity index is 1.37. The third kappa shape index (κ3) is 6.82. The Bertz CT molecular complexity index is 1620. The second-order valence-corrected chi connectivity index (χ2v) is 13.2. The van der Waals surface area contributed by atoms with Crippen molar-refractivity contribution in [3.05, 3.63) is 71.5 Å². The molecule has 4 heterocycles. The molecule has 0 spiro atoms. The monoisotopic (exact) mass is 617 g/mol. The molecule has 0 saturated carbocycles. The molecule has 1 aromatic carbocycles. The van der Waals surface area contributed by atoms with Crippen LogP contribution >= 0.6 is 15.4 Å². The average Bonchev–Trinajstić information content (AvgIpc) is 3.58. The van der Waals surface area contributed by atoms with Crippen molar-refractivity contribution in [1.29, 1.82) is 0 Å². The molecular formula is C28H33N3O9P2. The highest BCUT2D eigenvalue weighted by atomic mass is 31.2. The van der Waals surface area contributed by atoms with Gasteiger partial charge in [-0.1, -0.05) is 12.1 Å². The minimum atomic E-state index is -4.10. The fourth-order valence-corrected chi connectivity index (χ4v) is 8.13. The van der Waals surface area contributed by atoms with Gasteiger partial charge in [-0.15, -0.1) is 0 Å². The van der Waals surface area contributed by atoms with Gasteiger partial charge in [0.15, 0.2) is 5.78 Å². The number of carbonyl (C=O) groups is 1. The third-order valence-corrected chi connectivity index (χ3v) is 10.4. The van der Waals surface area contributed by atoms with Gasteiger partial charge in [0.05, 0.1) is 37.8 Å². The molecule has 1 saturated heterocycles. The number of nitrogens with one attached hydrogen (secondary N) is 1. The van der Waals surface area contributed by atoms with Crippen LogP contribution in [0.1, 0.15) is 60.0 Å². The quantitative estimate of drug-likeness (QED) is 0.120. The number of fused-ring (bicyclic) bond motifs is 1. The molecule has 3 aromatic heterocycles. The molecule has 42 heavy (non-hydrogen) atoms. The van der Waals surface area contributed by atoms with Crippen LogP contribution in [0.15, 0.2) is 53.2 Å². The Morgan fingerprint density at radius 2 is 1.81 bits per heavy atom. The first-order valence-corrected chi connectivity index (χ1v) is 16.8. The van der Waals surface area contributed by atoms with Crippen LogP contribution in [0.3, 0.4) is 0 Å².